The van der Waals surface area contributed by atoms with Gasteiger partial charge in [-0.05, 0) is 25.8 Å². The van der Waals surface area contributed by atoms with E-state index in [0.29, 0.717) is 23.3 Å². The molecule has 7 heteroatoms. The predicted molar refractivity (Wildman–Crippen MR) is 95.2 cm³/mol. The molecule has 1 aliphatic rings. The molecule has 1 aliphatic carbocycles. The molecule has 0 radical (unpaired) electrons. The van der Waals surface area contributed by atoms with E-state index in [-0.39, 0.29) is 23.5 Å². The quantitative estimate of drug-likeness (QED) is 0.804. The van der Waals surface area contributed by atoms with E-state index in [0.717, 1.165) is 19.4 Å². The maximum atomic E-state index is 13.2. The number of amides is 1. The van der Waals surface area contributed by atoms with E-state index >= 15 is 0 Å². The first-order valence-corrected chi connectivity index (χ1v) is 8.98. The lowest BCUT2D eigenvalue weighted by molar-refractivity contribution is -0.140. The van der Waals surface area contributed by atoms with Gasteiger partial charge in [0.05, 0.1) is 11.7 Å². The Hall–Kier alpha value is -2.02. The summed E-state index contributed by atoms with van der Waals surface area (Å²) in [5.41, 5.74) is 1.84. The average Bonchev–Trinajstić information content (AvgIpc) is 2.97. The maximum absolute atomic E-state index is 13.2. The molecule has 0 unspecified atom stereocenters. The Labute approximate surface area is 148 Å². The molecule has 1 amide bonds. The number of hydrogen-bond donors (Lipinski definition) is 0. The highest BCUT2D eigenvalue weighted by atomic mass is 16.5. The second kappa shape index (κ2) is 6.71. The number of carbonyl (C=O) groups excluding carboxylic acids is 1. The Bertz CT molecular complexity index is 770. The molecule has 3 rings (SSSR count). The van der Waals surface area contributed by atoms with Crippen LogP contribution < -0.4 is 0 Å². The van der Waals surface area contributed by atoms with E-state index in [1.165, 1.54) is 0 Å². The number of ether oxygens (including phenoxy) is 1. The lowest BCUT2D eigenvalue weighted by Gasteiger charge is -2.55. The van der Waals surface area contributed by atoms with E-state index < -0.39 is 0 Å². The molecule has 7 nitrogen and oxygen atoms in total. The first kappa shape index (κ1) is 17.8. The van der Waals surface area contributed by atoms with Crippen molar-refractivity contribution in [2.75, 3.05) is 13.2 Å². The van der Waals surface area contributed by atoms with Crippen LogP contribution in [0.2, 0.25) is 0 Å². The van der Waals surface area contributed by atoms with Crippen LogP contribution in [0.1, 0.15) is 50.9 Å². The topological polar surface area (TPSA) is 73.1 Å². The standard InChI is InChI=1S/C18H27N5O2/c1-6-8-23(14-10-15(25-7-2)18(14,3)4)17(24)12-9-13-16(19-11-12)22(5)21-20-13/h9,11,14-15H,6-8,10H2,1-5H3/t14-,15+/m0/s1. The van der Waals surface area contributed by atoms with Gasteiger partial charge in [0.1, 0.15) is 5.52 Å². The third-order valence-electron chi connectivity index (χ3n) is 5.28. The number of nitrogens with zero attached hydrogens (tertiary/aromatic N) is 5. The number of aromatic nitrogens is 4. The molecule has 0 bridgehead atoms. The summed E-state index contributed by atoms with van der Waals surface area (Å²) in [7, 11) is 1.79. The van der Waals surface area contributed by atoms with Crippen molar-refractivity contribution < 1.29 is 9.53 Å². The number of pyridine rings is 1. The van der Waals surface area contributed by atoms with Gasteiger partial charge in [-0.3, -0.25) is 4.79 Å². The van der Waals surface area contributed by atoms with Gasteiger partial charge >= 0.3 is 0 Å². The van der Waals surface area contributed by atoms with Crippen LogP contribution in [0.5, 0.6) is 0 Å². The number of fused-ring (bicyclic) bond motifs is 1. The Morgan fingerprint density at radius 2 is 2.20 bits per heavy atom. The molecule has 2 heterocycles. The zero-order valence-corrected chi connectivity index (χ0v) is 15.7. The van der Waals surface area contributed by atoms with Crippen molar-refractivity contribution in [1.82, 2.24) is 24.9 Å². The summed E-state index contributed by atoms with van der Waals surface area (Å²) < 4.78 is 7.43. The Morgan fingerprint density at radius 1 is 1.44 bits per heavy atom. The van der Waals surface area contributed by atoms with Gasteiger partial charge < -0.3 is 9.64 Å². The molecule has 1 fully saturated rings. The zero-order chi connectivity index (χ0) is 18.2. The second-order valence-electron chi connectivity index (χ2n) is 7.30. The van der Waals surface area contributed by atoms with E-state index in [9.17, 15) is 4.79 Å². The smallest absolute Gasteiger partial charge is 0.255 e. The third kappa shape index (κ3) is 3.01. The van der Waals surface area contributed by atoms with E-state index in [2.05, 4.69) is 36.1 Å². The monoisotopic (exact) mass is 345 g/mol. The summed E-state index contributed by atoms with van der Waals surface area (Å²) in [6.45, 7) is 9.90. The first-order valence-electron chi connectivity index (χ1n) is 8.98. The van der Waals surface area contributed by atoms with Crippen molar-refractivity contribution in [3.63, 3.8) is 0 Å². The number of aryl methyl sites for hydroxylation is 1. The minimum atomic E-state index is -0.0507. The third-order valence-corrected chi connectivity index (χ3v) is 5.28. The highest BCUT2D eigenvalue weighted by molar-refractivity contribution is 5.96. The molecule has 2 atom stereocenters. The SMILES string of the molecule is CCCN(C(=O)c1cnc2c(c1)nnn2C)[C@H]1C[C@@H](OCC)C1(C)C. The molecule has 25 heavy (non-hydrogen) atoms. The van der Waals surface area contributed by atoms with Gasteiger partial charge in [-0.2, -0.15) is 0 Å². The van der Waals surface area contributed by atoms with E-state index in [1.54, 1.807) is 24.0 Å². The first-order chi connectivity index (χ1) is 11.9. The van der Waals surface area contributed by atoms with Crippen molar-refractivity contribution in [3.05, 3.63) is 17.8 Å². The Balaban J connectivity index is 1.85. The predicted octanol–water partition coefficient (Wildman–Crippen LogP) is 2.42. The van der Waals surface area contributed by atoms with Crippen molar-refractivity contribution in [2.24, 2.45) is 12.5 Å². The van der Waals surface area contributed by atoms with Gasteiger partial charge in [0.15, 0.2) is 5.65 Å². The molecule has 2 aromatic rings. The molecular weight excluding hydrogens is 318 g/mol. The Kier molecular flexibility index (Phi) is 4.77. The summed E-state index contributed by atoms with van der Waals surface area (Å²) >= 11 is 0. The van der Waals surface area contributed by atoms with E-state index in [4.69, 9.17) is 4.74 Å². The summed E-state index contributed by atoms with van der Waals surface area (Å²) in [5, 5.41) is 8.03. The second-order valence-corrected chi connectivity index (χ2v) is 7.30. The molecule has 136 valence electrons. The lowest BCUT2D eigenvalue weighted by Crippen LogP contribution is -2.63. The fraction of sp³-hybridized carbons (Fsp3) is 0.667. The van der Waals surface area contributed by atoms with Crippen LogP contribution in [0, 0.1) is 5.41 Å². The lowest BCUT2D eigenvalue weighted by atomic mass is 9.63. The fourth-order valence-electron chi connectivity index (χ4n) is 3.73. The van der Waals surface area contributed by atoms with Crippen LogP contribution >= 0.6 is 0 Å². The summed E-state index contributed by atoms with van der Waals surface area (Å²) in [6, 6.07) is 1.96. The summed E-state index contributed by atoms with van der Waals surface area (Å²) in [4.78, 5) is 19.5. The van der Waals surface area contributed by atoms with Crippen LogP contribution in [-0.2, 0) is 11.8 Å². The highest BCUT2D eigenvalue weighted by Gasteiger charge is 2.52. The van der Waals surface area contributed by atoms with Crippen LogP contribution in [0.25, 0.3) is 11.2 Å². The molecule has 0 aromatic carbocycles. The van der Waals surface area contributed by atoms with Crippen molar-refractivity contribution >= 4 is 17.1 Å². The van der Waals surface area contributed by atoms with Gasteiger partial charge in [0.25, 0.3) is 5.91 Å². The molecule has 0 saturated heterocycles. The number of carbonyl (C=O) groups is 1. The van der Waals surface area contributed by atoms with Crippen LogP contribution in [0.15, 0.2) is 12.3 Å². The van der Waals surface area contributed by atoms with Gasteiger partial charge in [-0.1, -0.05) is 26.0 Å². The fourth-order valence-corrected chi connectivity index (χ4v) is 3.73. The van der Waals surface area contributed by atoms with Crippen molar-refractivity contribution in [2.45, 2.75) is 52.7 Å². The van der Waals surface area contributed by atoms with Gasteiger partial charge in [0.2, 0.25) is 0 Å². The molecule has 2 aromatic heterocycles. The minimum absolute atomic E-state index is 0.00919. The highest BCUT2D eigenvalue weighted by Crippen LogP contribution is 2.46. The number of rotatable bonds is 6. The molecule has 0 aliphatic heterocycles. The normalized spacial score (nSPS) is 22.0. The van der Waals surface area contributed by atoms with Crippen LogP contribution in [0.4, 0.5) is 0 Å². The maximum Gasteiger partial charge on any atom is 0.255 e. The minimum Gasteiger partial charge on any atom is -0.378 e. The van der Waals surface area contributed by atoms with Crippen LogP contribution in [-0.4, -0.2) is 56.1 Å². The summed E-state index contributed by atoms with van der Waals surface area (Å²) in [6.07, 6.45) is 3.63. The van der Waals surface area contributed by atoms with Gasteiger partial charge in [-0.25, -0.2) is 9.67 Å². The molecule has 0 N–H and O–H groups in total. The van der Waals surface area contributed by atoms with Crippen molar-refractivity contribution in [1.29, 1.82) is 0 Å². The number of hydrogen-bond acceptors (Lipinski definition) is 5. The summed E-state index contributed by atoms with van der Waals surface area (Å²) in [5.74, 6) is 0.00919. The molecule has 0 spiro atoms. The van der Waals surface area contributed by atoms with Gasteiger partial charge in [-0.15, -0.1) is 5.10 Å². The Morgan fingerprint density at radius 3 is 2.84 bits per heavy atom. The molecule has 1 saturated carbocycles. The van der Waals surface area contributed by atoms with E-state index in [1.807, 2.05) is 11.8 Å². The molecular formula is C18H27N5O2. The van der Waals surface area contributed by atoms with Crippen molar-refractivity contribution in [3.8, 4) is 0 Å². The zero-order valence-electron chi connectivity index (χ0n) is 15.7. The van der Waals surface area contributed by atoms with Crippen LogP contribution in [0.3, 0.4) is 0 Å². The van der Waals surface area contributed by atoms with Gasteiger partial charge in [0, 0.05) is 37.9 Å². The largest absolute Gasteiger partial charge is 0.378 e. The average molecular weight is 345 g/mol.